The molecule has 2 rings (SSSR count). The number of nitrogens with two attached hydrogens (primary N) is 1. The van der Waals surface area contributed by atoms with Gasteiger partial charge in [0.05, 0.1) is 17.2 Å². The van der Waals surface area contributed by atoms with Crippen LogP contribution in [0.25, 0.3) is 11.1 Å². The third kappa shape index (κ3) is 6.36. The Kier molecular flexibility index (Phi) is 8.29. The summed E-state index contributed by atoms with van der Waals surface area (Å²) in [5.74, 6) is 0.0985. The zero-order valence-corrected chi connectivity index (χ0v) is 20.5. The van der Waals surface area contributed by atoms with Gasteiger partial charge in [-0.15, -0.1) is 0 Å². The highest BCUT2D eigenvalue weighted by Crippen LogP contribution is 2.45. The van der Waals surface area contributed by atoms with Gasteiger partial charge >= 0.3 is 6.09 Å². The molecule has 1 unspecified atom stereocenters. The average molecular weight is 473 g/mol. The molecule has 0 saturated heterocycles. The highest BCUT2D eigenvalue weighted by atomic mass is 35.5. The van der Waals surface area contributed by atoms with Gasteiger partial charge in [-0.25, -0.2) is 4.79 Å². The number of rotatable bonds is 7. The zero-order valence-electron chi connectivity index (χ0n) is 19.7. The number of benzene rings is 1. The number of carbonyl (C=O) groups is 2. The minimum atomic E-state index is -0.929. The van der Waals surface area contributed by atoms with Crippen LogP contribution in [0.2, 0.25) is 5.02 Å². The van der Waals surface area contributed by atoms with E-state index in [0.717, 1.165) is 0 Å². The largest absolute Gasteiger partial charge is 0.493 e. The molecule has 0 aliphatic heterocycles. The predicted octanol–water partition coefficient (Wildman–Crippen LogP) is 4.95. The van der Waals surface area contributed by atoms with Crippen molar-refractivity contribution in [3.63, 3.8) is 0 Å². The molecule has 8 nitrogen and oxygen atoms in total. The molecule has 0 aliphatic rings. The molecule has 0 bridgehead atoms. The number of hydrogen-bond acceptors (Lipinski definition) is 6. The number of amides is 2. The summed E-state index contributed by atoms with van der Waals surface area (Å²) in [6, 6.07) is 6.95. The number of primary amides is 1. The molecule has 2 N–H and O–H groups in total. The summed E-state index contributed by atoms with van der Waals surface area (Å²) in [5, 5.41) is 10.0. The number of carbonyl (C=O) groups excluding carboxylic acids is 2. The summed E-state index contributed by atoms with van der Waals surface area (Å²) in [6.07, 6.45) is 0.243. The van der Waals surface area contributed by atoms with E-state index in [9.17, 15) is 14.9 Å². The van der Waals surface area contributed by atoms with Crippen molar-refractivity contribution >= 4 is 23.6 Å². The smallest absolute Gasteiger partial charge is 0.405 e. The molecule has 0 spiro atoms. The number of hydrogen-bond donors (Lipinski definition) is 1. The zero-order chi connectivity index (χ0) is 24.9. The van der Waals surface area contributed by atoms with Gasteiger partial charge in [-0.3, -0.25) is 9.78 Å². The summed E-state index contributed by atoms with van der Waals surface area (Å²) in [4.78, 5) is 29.6. The number of aromatic nitrogens is 1. The second kappa shape index (κ2) is 10.5. The second-order valence-corrected chi connectivity index (χ2v) is 9.30. The molecule has 1 aromatic carbocycles. The lowest BCUT2D eigenvalue weighted by Gasteiger charge is -2.28. The Morgan fingerprint density at radius 3 is 2.42 bits per heavy atom. The Balaban J connectivity index is 2.79. The van der Waals surface area contributed by atoms with Gasteiger partial charge in [-0.05, 0) is 30.9 Å². The highest BCUT2D eigenvalue weighted by molar-refractivity contribution is 6.32. The van der Waals surface area contributed by atoms with Crippen molar-refractivity contribution in [2.45, 2.75) is 40.2 Å². The summed E-state index contributed by atoms with van der Waals surface area (Å²) in [6.45, 7) is 8.10. The van der Waals surface area contributed by atoms with Crippen molar-refractivity contribution in [1.82, 2.24) is 9.88 Å². The topological polar surface area (TPSA) is 119 Å². The monoisotopic (exact) mass is 472 g/mol. The molecule has 0 radical (unpaired) electrons. The van der Waals surface area contributed by atoms with E-state index in [2.05, 4.69) is 11.1 Å². The van der Waals surface area contributed by atoms with E-state index in [1.807, 2.05) is 20.8 Å². The lowest BCUT2D eigenvalue weighted by atomic mass is 9.85. The Hall–Kier alpha value is -3.31. The van der Waals surface area contributed by atoms with Crippen molar-refractivity contribution in [3.05, 3.63) is 46.2 Å². The first-order valence-corrected chi connectivity index (χ1v) is 10.8. The number of nitrogens with zero attached hydrogens (tertiary/aromatic N) is 3. The molecule has 0 fully saturated rings. The first-order chi connectivity index (χ1) is 15.4. The van der Waals surface area contributed by atoms with Crippen LogP contribution in [-0.4, -0.2) is 42.6 Å². The van der Waals surface area contributed by atoms with Gasteiger partial charge in [-0.1, -0.05) is 38.4 Å². The SMILES string of the molecule is CCOc1c(C(CC(C)(C)C)OC(N)=O)cc(Cl)c(C#N)c1-c1ccc(C(=O)N(C)C)nc1. The van der Waals surface area contributed by atoms with E-state index in [1.54, 1.807) is 39.2 Å². The normalized spacial score (nSPS) is 11.9. The van der Waals surface area contributed by atoms with Crippen LogP contribution in [0.5, 0.6) is 5.75 Å². The quantitative estimate of drug-likeness (QED) is 0.609. The third-order valence-electron chi connectivity index (χ3n) is 4.74. The maximum absolute atomic E-state index is 12.2. The number of pyridine rings is 1. The molecule has 1 aromatic heterocycles. The highest BCUT2D eigenvalue weighted by Gasteiger charge is 2.30. The van der Waals surface area contributed by atoms with Gasteiger partial charge in [0.25, 0.3) is 5.91 Å². The van der Waals surface area contributed by atoms with Crippen molar-refractivity contribution in [2.75, 3.05) is 20.7 Å². The van der Waals surface area contributed by atoms with Crippen molar-refractivity contribution in [2.24, 2.45) is 11.1 Å². The average Bonchev–Trinajstić information content (AvgIpc) is 2.72. The van der Waals surface area contributed by atoms with Crippen LogP contribution in [0.1, 0.15) is 61.8 Å². The third-order valence-corrected chi connectivity index (χ3v) is 5.04. The van der Waals surface area contributed by atoms with Crippen LogP contribution in [0, 0.1) is 16.7 Å². The lowest BCUT2D eigenvalue weighted by Crippen LogP contribution is -2.23. The molecule has 33 heavy (non-hydrogen) atoms. The van der Waals surface area contributed by atoms with Gasteiger partial charge in [0.2, 0.25) is 0 Å². The fourth-order valence-electron chi connectivity index (χ4n) is 3.38. The van der Waals surface area contributed by atoms with E-state index in [-0.39, 0.29) is 34.2 Å². The summed E-state index contributed by atoms with van der Waals surface area (Å²) in [7, 11) is 3.27. The molecule has 1 heterocycles. The van der Waals surface area contributed by atoms with Gasteiger partial charge in [0, 0.05) is 37.0 Å². The number of nitriles is 1. The number of ether oxygens (including phenoxy) is 2. The van der Waals surface area contributed by atoms with E-state index in [4.69, 9.17) is 26.8 Å². The first-order valence-electron chi connectivity index (χ1n) is 10.4. The molecule has 1 atom stereocenters. The van der Waals surface area contributed by atoms with E-state index in [0.29, 0.717) is 28.9 Å². The van der Waals surface area contributed by atoms with Crippen LogP contribution in [0.15, 0.2) is 24.4 Å². The Bertz CT molecular complexity index is 1070. The summed E-state index contributed by atoms with van der Waals surface area (Å²) >= 11 is 6.50. The van der Waals surface area contributed by atoms with Crippen LogP contribution in [0.3, 0.4) is 0 Å². The molecule has 9 heteroatoms. The van der Waals surface area contributed by atoms with Crippen LogP contribution in [0.4, 0.5) is 4.79 Å². The van der Waals surface area contributed by atoms with E-state index in [1.165, 1.54) is 11.1 Å². The molecule has 2 amide bonds. The Morgan fingerprint density at radius 1 is 1.30 bits per heavy atom. The predicted molar refractivity (Wildman–Crippen MR) is 126 cm³/mol. The van der Waals surface area contributed by atoms with Crippen molar-refractivity contribution in [3.8, 4) is 22.9 Å². The Morgan fingerprint density at radius 2 is 1.97 bits per heavy atom. The first kappa shape index (κ1) is 25.9. The number of halogens is 1. The summed E-state index contributed by atoms with van der Waals surface area (Å²) in [5.41, 5.74) is 7.01. The summed E-state index contributed by atoms with van der Waals surface area (Å²) < 4.78 is 11.4. The molecule has 176 valence electrons. The Labute approximate surface area is 199 Å². The van der Waals surface area contributed by atoms with Crippen LogP contribution in [-0.2, 0) is 4.74 Å². The van der Waals surface area contributed by atoms with Gasteiger partial charge in [0.1, 0.15) is 23.6 Å². The van der Waals surface area contributed by atoms with Gasteiger partial charge in [0.15, 0.2) is 0 Å². The molecular weight excluding hydrogens is 444 g/mol. The fourth-order valence-corrected chi connectivity index (χ4v) is 3.64. The maximum atomic E-state index is 12.2. The lowest BCUT2D eigenvalue weighted by molar-refractivity contribution is 0.0769. The van der Waals surface area contributed by atoms with E-state index >= 15 is 0 Å². The van der Waals surface area contributed by atoms with Gasteiger partial charge in [-0.2, -0.15) is 5.26 Å². The van der Waals surface area contributed by atoms with Gasteiger partial charge < -0.3 is 20.1 Å². The van der Waals surface area contributed by atoms with Crippen molar-refractivity contribution in [1.29, 1.82) is 5.26 Å². The molecule has 2 aromatic rings. The standard InChI is InChI=1S/C24H29ClN4O4/c1-7-32-21-15(19(33-23(27)31)11-24(2,3)4)10-17(25)16(12-26)20(21)14-8-9-18(28-13-14)22(30)29(5)6/h8-10,13,19H,7,11H2,1-6H3,(H2,27,31). The van der Waals surface area contributed by atoms with Crippen LogP contribution < -0.4 is 10.5 Å². The van der Waals surface area contributed by atoms with Crippen molar-refractivity contribution < 1.29 is 19.1 Å². The minimum absolute atomic E-state index is 0.173. The maximum Gasteiger partial charge on any atom is 0.405 e. The van der Waals surface area contributed by atoms with E-state index < -0.39 is 12.2 Å². The second-order valence-electron chi connectivity index (χ2n) is 8.89. The molecular formula is C24H29ClN4O4. The minimum Gasteiger partial charge on any atom is -0.493 e. The molecule has 0 saturated carbocycles. The van der Waals surface area contributed by atoms with Crippen LogP contribution >= 0.6 is 11.6 Å². The molecule has 0 aliphatic carbocycles. The fraction of sp³-hybridized carbons (Fsp3) is 0.417.